The van der Waals surface area contributed by atoms with E-state index in [0.29, 0.717) is 27.5 Å². The number of rotatable bonds is 7. The second kappa shape index (κ2) is 11.8. The number of benzene rings is 2. The Labute approximate surface area is 201 Å². The van der Waals surface area contributed by atoms with Gasteiger partial charge in [0.1, 0.15) is 18.5 Å². The average Bonchev–Trinajstić information content (AvgIpc) is 2.84. The van der Waals surface area contributed by atoms with Crippen molar-refractivity contribution in [3.63, 3.8) is 0 Å². The quantitative estimate of drug-likeness (QED) is 0.101. The minimum atomic E-state index is -0.576. The largest absolute Gasteiger partial charge is 0.475 e. The van der Waals surface area contributed by atoms with E-state index < -0.39 is 5.24 Å². The highest BCUT2D eigenvalue weighted by Crippen LogP contribution is 2.30. The van der Waals surface area contributed by atoms with Crippen molar-refractivity contribution in [2.75, 3.05) is 25.6 Å². The molecule has 9 nitrogen and oxygen atoms in total. The van der Waals surface area contributed by atoms with Crippen LogP contribution in [0, 0.1) is 11.8 Å². The first-order valence-electron chi connectivity index (χ1n) is 10.2. The van der Waals surface area contributed by atoms with Gasteiger partial charge >= 0.3 is 5.24 Å². The molecule has 3 aromatic rings. The summed E-state index contributed by atoms with van der Waals surface area (Å²) in [5.74, 6) is 6.98. The van der Waals surface area contributed by atoms with E-state index >= 15 is 0 Å². The van der Waals surface area contributed by atoms with Crippen molar-refractivity contribution < 1.29 is 19.5 Å². The maximum atomic E-state index is 11.2. The van der Waals surface area contributed by atoms with E-state index in [1.165, 1.54) is 5.01 Å². The predicted octanol–water partition coefficient (Wildman–Crippen LogP) is 3.82. The number of hydroxylamine groups is 1. The summed E-state index contributed by atoms with van der Waals surface area (Å²) in [5, 5.41) is 14.0. The molecule has 34 heavy (non-hydrogen) atoms. The van der Waals surface area contributed by atoms with Crippen LogP contribution in [-0.2, 0) is 4.79 Å². The van der Waals surface area contributed by atoms with E-state index in [1.807, 2.05) is 50.2 Å². The van der Waals surface area contributed by atoms with Crippen molar-refractivity contribution in [2.24, 2.45) is 5.10 Å². The van der Waals surface area contributed by atoms with E-state index in [2.05, 4.69) is 21.9 Å². The molecule has 0 saturated heterocycles. The van der Waals surface area contributed by atoms with Crippen LogP contribution in [0.4, 0.5) is 10.6 Å². The fourth-order valence-corrected chi connectivity index (χ4v) is 3.35. The van der Waals surface area contributed by atoms with E-state index in [9.17, 15) is 9.59 Å². The van der Waals surface area contributed by atoms with Crippen LogP contribution >= 0.6 is 11.8 Å². The third kappa shape index (κ3) is 6.57. The molecule has 1 heterocycles. The number of carbonyl (C=O) groups is 1. The molecule has 0 fully saturated rings. The van der Waals surface area contributed by atoms with Gasteiger partial charge in [-0.2, -0.15) is 0 Å². The van der Waals surface area contributed by atoms with Crippen LogP contribution in [0.25, 0.3) is 10.9 Å². The van der Waals surface area contributed by atoms with Crippen LogP contribution in [0.2, 0.25) is 0 Å². The van der Waals surface area contributed by atoms with E-state index in [-0.39, 0.29) is 12.8 Å². The molecule has 174 valence electrons. The van der Waals surface area contributed by atoms with Gasteiger partial charge in [-0.25, -0.2) is 20.3 Å². The van der Waals surface area contributed by atoms with Gasteiger partial charge in [-0.1, -0.05) is 29.1 Å². The van der Waals surface area contributed by atoms with E-state index in [4.69, 9.17) is 9.94 Å². The minimum Gasteiger partial charge on any atom is -0.475 e. The van der Waals surface area contributed by atoms with Gasteiger partial charge in [0.2, 0.25) is 0 Å². The van der Waals surface area contributed by atoms with Gasteiger partial charge in [0.15, 0.2) is 5.82 Å². The lowest BCUT2D eigenvalue weighted by Gasteiger charge is -2.23. The van der Waals surface area contributed by atoms with Gasteiger partial charge in [-0.15, -0.1) is 0 Å². The first-order valence-corrected chi connectivity index (χ1v) is 11.0. The Morgan fingerprint density at radius 2 is 1.97 bits per heavy atom. The molecule has 0 aliphatic carbocycles. The lowest BCUT2D eigenvalue weighted by Crippen LogP contribution is -2.30. The Morgan fingerprint density at radius 3 is 2.65 bits per heavy atom. The van der Waals surface area contributed by atoms with Crippen molar-refractivity contribution in [1.29, 1.82) is 0 Å². The number of carbonyl (C=O) groups excluding carboxylic acids is 2. The second-order valence-electron chi connectivity index (χ2n) is 7.25. The summed E-state index contributed by atoms with van der Waals surface area (Å²) in [5.41, 5.74) is 2.97. The van der Waals surface area contributed by atoms with E-state index in [1.54, 1.807) is 41.9 Å². The van der Waals surface area contributed by atoms with Gasteiger partial charge in [-0.05, 0) is 69.2 Å². The first-order chi connectivity index (χ1) is 16.4. The standard InChI is InChI=1S/C24H23N5O4S/c1-17(28(2)3)33-22-15-23(26-21-9-5-4-8-20(21)22)29(25-16-30)14-6-7-18-10-12-19(13-11-18)34-24(31)27-32/h4-5,8-13,15,17,32H,14H2,1-3H3,(H,27,31). The number of hydrazone groups is 1. The molecule has 0 radical (unpaired) electrons. The number of nitrogens with one attached hydrogen (secondary N) is 1. The summed E-state index contributed by atoms with van der Waals surface area (Å²) in [6.07, 6.45) is 1.37. The van der Waals surface area contributed by atoms with Crippen LogP contribution in [0.1, 0.15) is 12.5 Å². The van der Waals surface area contributed by atoms with Crippen LogP contribution in [-0.4, -0.2) is 53.3 Å². The molecule has 1 aromatic heterocycles. The number of hydrogen-bond acceptors (Lipinski definition) is 9. The number of amides is 1. The molecule has 2 aromatic carbocycles. The molecular weight excluding hydrogens is 454 g/mol. The first kappa shape index (κ1) is 24.8. The fraction of sp³-hybridized carbons (Fsp3) is 0.208. The summed E-state index contributed by atoms with van der Waals surface area (Å²) in [7, 11) is 3.83. The number of fused-ring (bicyclic) bond motifs is 1. The Hall–Kier alpha value is -3.87. The molecule has 0 aliphatic rings. The minimum absolute atomic E-state index is 0.0900. The van der Waals surface area contributed by atoms with Crippen molar-refractivity contribution in [1.82, 2.24) is 15.4 Å². The number of para-hydroxylation sites is 1. The highest BCUT2D eigenvalue weighted by Gasteiger charge is 2.15. The number of aromatic nitrogens is 1. The summed E-state index contributed by atoms with van der Waals surface area (Å²) in [6, 6.07) is 16.2. The lowest BCUT2D eigenvalue weighted by molar-refractivity contribution is 0.0831. The Morgan fingerprint density at radius 1 is 1.24 bits per heavy atom. The molecule has 10 heteroatoms. The van der Waals surface area contributed by atoms with Crippen LogP contribution in [0.3, 0.4) is 0 Å². The monoisotopic (exact) mass is 477 g/mol. The maximum Gasteiger partial charge on any atom is 0.307 e. The smallest absolute Gasteiger partial charge is 0.307 e. The number of isocyanates is 1. The maximum absolute atomic E-state index is 11.2. The number of hydrogen-bond donors (Lipinski definition) is 2. The van der Waals surface area contributed by atoms with Gasteiger partial charge < -0.3 is 4.74 Å². The average molecular weight is 478 g/mol. The summed E-state index contributed by atoms with van der Waals surface area (Å²) in [6.45, 7) is 2.02. The summed E-state index contributed by atoms with van der Waals surface area (Å²) >= 11 is 0.855. The van der Waals surface area contributed by atoms with Crippen molar-refractivity contribution in [3.8, 4) is 17.6 Å². The number of pyridine rings is 1. The fourth-order valence-electron chi connectivity index (χ4n) is 2.82. The second-order valence-corrected chi connectivity index (χ2v) is 8.30. The topological polar surface area (TPSA) is 107 Å². The highest BCUT2D eigenvalue weighted by atomic mass is 32.2. The number of ether oxygens (including phenoxy) is 1. The molecule has 0 aliphatic heterocycles. The van der Waals surface area contributed by atoms with Crippen molar-refractivity contribution >= 4 is 39.8 Å². The third-order valence-corrected chi connectivity index (χ3v) is 5.52. The molecule has 0 bridgehead atoms. The number of nitrogens with zero attached hydrogens (tertiary/aromatic N) is 4. The van der Waals surface area contributed by atoms with Crippen molar-refractivity contribution in [3.05, 3.63) is 60.2 Å². The molecule has 0 spiro atoms. The van der Waals surface area contributed by atoms with Crippen LogP contribution in [0.5, 0.6) is 5.75 Å². The molecule has 1 atom stereocenters. The Bertz CT molecular complexity index is 1260. The third-order valence-electron chi connectivity index (χ3n) is 4.73. The molecule has 0 saturated carbocycles. The molecule has 1 amide bonds. The predicted molar refractivity (Wildman–Crippen MR) is 130 cm³/mol. The molecular formula is C24H23N5O4S. The Kier molecular flexibility index (Phi) is 8.62. The molecule has 1 unspecified atom stereocenters. The summed E-state index contributed by atoms with van der Waals surface area (Å²) in [4.78, 5) is 29.5. The molecule has 2 N–H and O–H groups in total. The molecule has 3 rings (SSSR count). The van der Waals surface area contributed by atoms with Crippen LogP contribution < -0.4 is 15.2 Å². The van der Waals surface area contributed by atoms with Gasteiger partial charge in [0, 0.05) is 21.9 Å². The SMILES string of the molecule is CC(Oc1cc(N(CC#Cc2ccc(SC(=O)NO)cc2)N=C=O)nc2ccccc12)N(C)C. The Balaban J connectivity index is 1.85. The van der Waals surface area contributed by atoms with E-state index in [0.717, 1.165) is 17.1 Å². The van der Waals surface area contributed by atoms with Gasteiger partial charge in [0.25, 0.3) is 6.08 Å². The number of thioether (sulfide) groups is 1. The summed E-state index contributed by atoms with van der Waals surface area (Å²) < 4.78 is 6.12. The zero-order valence-electron chi connectivity index (χ0n) is 18.8. The zero-order valence-corrected chi connectivity index (χ0v) is 19.7. The van der Waals surface area contributed by atoms with Gasteiger partial charge in [-0.3, -0.25) is 14.9 Å². The zero-order chi connectivity index (χ0) is 24.5. The van der Waals surface area contributed by atoms with Gasteiger partial charge in [0.05, 0.1) is 5.52 Å². The van der Waals surface area contributed by atoms with Crippen LogP contribution in [0.15, 0.2) is 64.6 Å². The number of anilines is 1. The normalized spacial score (nSPS) is 11.2. The highest BCUT2D eigenvalue weighted by molar-refractivity contribution is 8.13. The van der Waals surface area contributed by atoms with Crippen molar-refractivity contribution in [2.45, 2.75) is 18.0 Å². The lowest BCUT2D eigenvalue weighted by atomic mass is 10.2.